The minimum absolute atomic E-state index is 0.404. The number of oxazole rings is 1. The van der Waals surface area contributed by atoms with Crippen LogP contribution in [0.15, 0.2) is 4.42 Å². The molecule has 0 saturated heterocycles. The molecule has 0 N–H and O–H groups in total. The fourth-order valence-corrected chi connectivity index (χ4v) is 1.58. The number of aryl methyl sites for hydroxylation is 2. The molecule has 2 rings (SSSR count). The van der Waals surface area contributed by atoms with Crippen LogP contribution >= 0.6 is 0 Å². The van der Waals surface area contributed by atoms with Gasteiger partial charge in [0.05, 0.1) is 11.8 Å². The van der Waals surface area contributed by atoms with Gasteiger partial charge in [-0.1, -0.05) is 0 Å². The molecule has 1 aliphatic carbocycles. The van der Waals surface area contributed by atoms with Crippen LogP contribution in [-0.2, 0) is 5.41 Å². The van der Waals surface area contributed by atoms with Gasteiger partial charge in [0.15, 0.2) is 0 Å². The van der Waals surface area contributed by atoms with Crippen molar-refractivity contribution in [2.24, 2.45) is 0 Å². The molecule has 1 fully saturated rings. The van der Waals surface area contributed by atoms with E-state index in [1.807, 2.05) is 13.8 Å². The monoisotopic (exact) mass is 176 g/mol. The van der Waals surface area contributed by atoms with E-state index in [1.54, 1.807) is 0 Å². The van der Waals surface area contributed by atoms with Gasteiger partial charge in [-0.05, 0) is 33.1 Å². The maximum atomic E-state index is 9.04. The van der Waals surface area contributed by atoms with E-state index < -0.39 is 5.41 Å². The molecule has 0 spiro atoms. The first-order chi connectivity index (χ1) is 6.18. The van der Waals surface area contributed by atoms with Crippen LogP contribution < -0.4 is 0 Å². The summed E-state index contributed by atoms with van der Waals surface area (Å²) in [5, 5.41) is 9.04. The minimum Gasteiger partial charge on any atom is -0.444 e. The van der Waals surface area contributed by atoms with E-state index in [0.29, 0.717) is 5.89 Å². The lowest BCUT2D eigenvalue weighted by Gasteiger charge is -2.31. The summed E-state index contributed by atoms with van der Waals surface area (Å²) in [5.74, 6) is 1.45. The van der Waals surface area contributed by atoms with Crippen molar-refractivity contribution in [1.82, 2.24) is 4.98 Å². The van der Waals surface area contributed by atoms with Gasteiger partial charge in [-0.2, -0.15) is 5.26 Å². The fraction of sp³-hybridized carbons (Fsp3) is 0.600. The Bertz CT molecular complexity index is 349. The van der Waals surface area contributed by atoms with E-state index in [9.17, 15) is 0 Å². The van der Waals surface area contributed by atoms with Gasteiger partial charge < -0.3 is 4.42 Å². The Kier molecular flexibility index (Phi) is 1.66. The average molecular weight is 176 g/mol. The molecular formula is C10H12N2O. The molecule has 68 valence electrons. The maximum absolute atomic E-state index is 9.04. The molecule has 1 aromatic rings. The number of hydrogen-bond acceptors (Lipinski definition) is 3. The average Bonchev–Trinajstić information content (AvgIpc) is 2.31. The van der Waals surface area contributed by atoms with Gasteiger partial charge in [-0.25, -0.2) is 4.98 Å². The smallest absolute Gasteiger partial charge is 0.215 e. The minimum atomic E-state index is -0.404. The molecule has 3 heteroatoms. The summed E-state index contributed by atoms with van der Waals surface area (Å²) in [6.07, 6.45) is 2.89. The van der Waals surface area contributed by atoms with Crippen LogP contribution in [0, 0.1) is 25.2 Å². The summed E-state index contributed by atoms with van der Waals surface area (Å²) in [7, 11) is 0. The van der Waals surface area contributed by atoms with Gasteiger partial charge in [0.2, 0.25) is 5.89 Å². The Morgan fingerprint density at radius 2 is 2.15 bits per heavy atom. The largest absolute Gasteiger partial charge is 0.444 e. The number of nitriles is 1. The van der Waals surface area contributed by atoms with E-state index in [4.69, 9.17) is 9.68 Å². The molecule has 0 aliphatic heterocycles. The summed E-state index contributed by atoms with van der Waals surface area (Å²) < 4.78 is 5.48. The van der Waals surface area contributed by atoms with Crippen LogP contribution in [0.2, 0.25) is 0 Å². The summed E-state index contributed by atoms with van der Waals surface area (Å²) >= 11 is 0. The first kappa shape index (κ1) is 8.31. The third kappa shape index (κ3) is 1.06. The van der Waals surface area contributed by atoms with Crippen molar-refractivity contribution in [3.05, 3.63) is 17.3 Å². The molecule has 0 atom stereocenters. The Labute approximate surface area is 77.4 Å². The quantitative estimate of drug-likeness (QED) is 0.659. The first-order valence-corrected chi connectivity index (χ1v) is 4.54. The van der Waals surface area contributed by atoms with Crippen molar-refractivity contribution in [2.75, 3.05) is 0 Å². The fourth-order valence-electron chi connectivity index (χ4n) is 1.58. The number of aromatic nitrogens is 1. The van der Waals surface area contributed by atoms with E-state index in [1.165, 1.54) is 0 Å². The molecule has 1 aliphatic rings. The molecular weight excluding hydrogens is 164 g/mol. The van der Waals surface area contributed by atoms with Gasteiger partial charge in [0.1, 0.15) is 11.2 Å². The number of hydrogen-bond donors (Lipinski definition) is 0. The summed E-state index contributed by atoms with van der Waals surface area (Å²) in [6.45, 7) is 3.79. The topological polar surface area (TPSA) is 49.8 Å². The second kappa shape index (κ2) is 2.59. The van der Waals surface area contributed by atoms with Gasteiger partial charge in [0.25, 0.3) is 0 Å². The van der Waals surface area contributed by atoms with Crippen molar-refractivity contribution >= 4 is 0 Å². The van der Waals surface area contributed by atoms with Crippen LogP contribution in [0.1, 0.15) is 36.6 Å². The van der Waals surface area contributed by atoms with Crippen molar-refractivity contribution in [2.45, 2.75) is 38.5 Å². The van der Waals surface area contributed by atoms with E-state index in [2.05, 4.69) is 11.1 Å². The van der Waals surface area contributed by atoms with Crippen LogP contribution in [-0.4, -0.2) is 4.98 Å². The van der Waals surface area contributed by atoms with Crippen LogP contribution in [0.25, 0.3) is 0 Å². The highest BCUT2D eigenvalue weighted by Crippen LogP contribution is 2.42. The van der Waals surface area contributed by atoms with Crippen molar-refractivity contribution in [3.63, 3.8) is 0 Å². The van der Waals surface area contributed by atoms with Crippen LogP contribution in [0.5, 0.6) is 0 Å². The van der Waals surface area contributed by atoms with Gasteiger partial charge >= 0.3 is 0 Å². The molecule has 3 nitrogen and oxygen atoms in total. The standard InChI is InChI=1S/C10H12N2O/c1-7-8(2)13-9(12-7)10(6-11)4-3-5-10/h3-5H2,1-2H3. The molecule has 1 heterocycles. The molecule has 1 aromatic heterocycles. The van der Waals surface area contributed by atoms with Crippen LogP contribution in [0.4, 0.5) is 0 Å². The molecule has 0 bridgehead atoms. The van der Waals surface area contributed by atoms with Crippen molar-refractivity contribution < 1.29 is 4.42 Å². The van der Waals surface area contributed by atoms with E-state index in [-0.39, 0.29) is 0 Å². The van der Waals surface area contributed by atoms with Gasteiger partial charge in [0, 0.05) is 0 Å². The van der Waals surface area contributed by atoms with Crippen molar-refractivity contribution in [3.8, 4) is 6.07 Å². The number of nitrogens with zero attached hydrogens (tertiary/aromatic N) is 2. The Morgan fingerprint density at radius 3 is 2.46 bits per heavy atom. The van der Waals surface area contributed by atoms with E-state index in [0.717, 1.165) is 30.7 Å². The Hall–Kier alpha value is -1.30. The Morgan fingerprint density at radius 1 is 1.46 bits per heavy atom. The van der Waals surface area contributed by atoms with Gasteiger partial charge in [-0.15, -0.1) is 0 Å². The zero-order chi connectivity index (χ0) is 9.47. The lowest BCUT2D eigenvalue weighted by Crippen LogP contribution is -2.32. The SMILES string of the molecule is Cc1nc(C2(C#N)CCC2)oc1C. The van der Waals surface area contributed by atoms with Crippen LogP contribution in [0.3, 0.4) is 0 Å². The molecule has 0 radical (unpaired) electrons. The predicted molar refractivity (Wildman–Crippen MR) is 47.1 cm³/mol. The van der Waals surface area contributed by atoms with Gasteiger partial charge in [-0.3, -0.25) is 0 Å². The van der Waals surface area contributed by atoms with Crippen molar-refractivity contribution in [1.29, 1.82) is 5.26 Å². The summed E-state index contributed by atoms with van der Waals surface area (Å²) in [5.41, 5.74) is 0.496. The summed E-state index contributed by atoms with van der Waals surface area (Å²) in [4.78, 5) is 4.29. The second-order valence-corrected chi connectivity index (χ2v) is 3.71. The normalized spacial score (nSPS) is 19.2. The molecule has 0 unspecified atom stereocenters. The lowest BCUT2D eigenvalue weighted by atomic mass is 9.70. The highest BCUT2D eigenvalue weighted by molar-refractivity contribution is 5.25. The predicted octanol–water partition coefficient (Wildman–Crippen LogP) is 2.24. The highest BCUT2D eigenvalue weighted by atomic mass is 16.4. The second-order valence-electron chi connectivity index (χ2n) is 3.71. The number of rotatable bonds is 1. The summed E-state index contributed by atoms with van der Waals surface area (Å²) in [6, 6.07) is 2.32. The molecule has 0 aromatic carbocycles. The highest BCUT2D eigenvalue weighted by Gasteiger charge is 2.43. The lowest BCUT2D eigenvalue weighted by molar-refractivity contribution is 0.254. The first-order valence-electron chi connectivity index (χ1n) is 4.54. The van der Waals surface area contributed by atoms with E-state index >= 15 is 0 Å². The molecule has 1 saturated carbocycles. The Balaban J connectivity index is 2.40. The zero-order valence-electron chi connectivity index (χ0n) is 7.92. The molecule has 0 amide bonds. The molecule has 13 heavy (non-hydrogen) atoms. The zero-order valence-corrected chi connectivity index (χ0v) is 7.92. The third-order valence-corrected chi connectivity index (χ3v) is 2.86. The third-order valence-electron chi connectivity index (χ3n) is 2.86. The maximum Gasteiger partial charge on any atom is 0.215 e.